The Morgan fingerprint density at radius 1 is 1.46 bits per heavy atom. The van der Waals surface area contributed by atoms with Crippen molar-refractivity contribution in [3.63, 3.8) is 0 Å². The molecule has 13 heavy (non-hydrogen) atoms. The predicted molar refractivity (Wildman–Crippen MR) is 59.5 cm³/mol. The molecule has 0 atom stereocenters. The molecule has 0 amide bonds. The number of aliphatic hydroxyl groups is 1. The minimum Gasteiger partial charge on any atom is -0.392 e. The molecule has 0 heterocycles. The highest BCUT2D eigenvalue weighted by Crippen LogP contribution is 2.19. The molecule has 0 aliphatic rings. The first-order valence-corrected chi connectivity index (χ1v) is 5.12. The average Bonchev–Trinajstić information content (AvgIpc) is 2.17. The molecule has 0 fully saturated rings. The summed E-state index contributed by atoms with van der Waals surface area (Å²) >= 11 is 3.46. The van der Waals surface area contributed by atoms with Crippen LogP contribution in [-0.4, -0.2) is 11.7 Å². The fourth-order valence-electron chi connectivity index (χ4n) is 1.07. The molecular formula is C11H13BrO. The summed E-state index contributed by atoms with van der Waals surface area (Å²) in [5, 5.41) is 8.99. The highest BCUT2D eigenvalue weighted by molar-refractivity contribution is 9.10. The quantitative estimate of drug-likeness (QED) is 0.861. The van der Waals surface area contributed by atoms with Gasteiger partial charge in [0.05, 0.1) is 6.61 Å². The fourth-order valence-corrected chi connectivity index (χ4v) is 1.47. The van der Waals surface area contributed by atoms with Gasteiger partial charge in [-0.2, -0.15) is 0 Å². The Labute approximate surface area is 87.2 Å². The molecule has 1 aromatic rings. The maximum Gasteiger partial charge on any atom is 0.0644 e. The highest BCUT2D eigenvalue weighted by Gasteiger charge is 1.96. The van der Waals surface area contributed by atoms with E-state index in [4.69, 9.17) is 5.11 Å². The van der Waals surface area contributed by atoms with Crippen molar-refractivity contribution in [2.24, 2.45) is 0 Å². The molecule has 0 spiro atoms. The lowest BCUT2D eigenvalue weighted by molar-refractivity contribution is 0.329. The fraction of sp³-hybridized carbons (Fsp3) is 0.273. The van der Waals surface area contributed by atoms with Gasteiger partial charge < -0.3 is 5.11 Å². The number of benzene rings is 1. The maximum atomic E-state index is 8.99. The number of rotatable bonds is 3. The second-order valence-electron chi connectivity index (χ2n) is 2.84. The van der Waals surface area contributed by atoms with Crippen LogP contribution >= 0.6 is 15.9 Å². The van der Waals surface area contributed by atoms with E-state index in [1.165, 1.54) is 0 Å². The van der Waals surface area contributed by atoms with E-state index in [-0.39, 0.29) is 6.61 Å². The van der Waals surface area contributed by atoms with Gasteiger partial charge >= 0.3 is 0 Å². The molecule has 0 unspecified atom stereocenters. The molecule has 0 aliphatic heterocycles. The Hall–Kier alpha value is -0.600. The summed E-state index contributed by atoms with van der Waals surface area (Å²) in [6.07, 6.45) is 2.90. The van der Waals surface area contributed by atoms with Crippen LogP contribution in [0, 0.1) is 0 Å². The summed E-state index contributed by atoms with van der Waals surface area (Å²) in [7, 11) is 0. The van der Waals surface area contributed by atoms with Gasteiger partial charge in [0.2, 0.25) is 0 Å². The number of halogens is 1. The second-order valence-corrected chi connectivity index (χ2v) is 3.69. The first kappa shape index (κ1) is 10.5. The van der Waals surface area contributed by atoms with E-state index in [0.29, 0.717) is 0 Å². The Bertz CT molecular complexity index is 299. The van der Waals surface area contributed by atoms with Gasteiger partial charge in [-0.25, -0.2) is 0 Å². The van der Waals surface area contributed by atoms with Gasteiger partial charge in [0, 0.05) is 4.47 Å². The van der Waals surface area contributed by atoms with Crippen molar-refractivity contribution in [3.8, 4) is 0 Å². The standard InChI is InChI=1S/C11H13BrO/c1-2-9(8-13)7-10-5-3-4-6-11(10)12/h3-7,13H,2,8H2,1H3. The zero-order chi connectivity index (χ0) is 9.68. The maximum absolute atomic E-state index is 8.99. The van der Waals surface area contributed by atoms with Crippen molar-refractivity contribution in [2.75, 3.05) is 6.61 Å². The number of hydrogen-bond donors (Lipinski definition) is 1. The highest BCUT2D eigenvalue weighted by atomic mass is 79.9. The molecule has 2 heteroatoms. The van der Waals surface area contributed by atoms with Gasteiger partial charge in [-0.3, -0.25) is 0 Å². The van der Waals surface area contributed by atoms with Crippen LogP contribution in [0.15, 0.2) is 34.3 Å². The van der Waals surface area contributed by atoms with E-state index < -0.39 is 0 Å². The largest absolute Gasteiger partial charge is 0.392 e. The van der Waals surface area contributed by atoms with Crippen molar-refractivity contribution in [3.05, 3.63) is 39.9 Å². The summed E-state index contributed by atoms with van der Waals surface area (Å²) in [5.74, 6) is 0. The molecule has 1 nitrogen and oxygen atoms in total. The van der Waals surface area contributed by atoms with Crippen LogP contribution < -0.4 is 0 Å². The SMILES string of the molecule is CCC(=Cc1ccccc1Br)CO. The second kappa shape index (κ2) is 5.20. The summed E-state index contributed by atoms with van der Waals surface area (Å²) in [5.41, 5.74) is 2.17. The molecule has 1 rings (SSSR count). The summed E-state index contributed by atoms with van der Waals surface area (Å²) in [6.45, 7) is 2.18. The van der Waals surface area contributed by atoms with Gasteiger partial charge in [-0.1, -0.05) is 47.1 Å². The predicted octanol–water partition coefficient (Wildman–Crippen LogP) is 3.23. The topological polar surface area (TPSA) is 20.2 Å². The molecule has 70 valence electrons. The molecule has 0 aliphatic carbocycles. The first-order chi connectivity index (χ1) is 6.27. The minimum atomic E-state index is 0.137. The zero-order valence-corrected chi connectivity index (χ0v) is 9.21. The van der Waals surface area contributed by atoms with E-state index in [2.05, 4.69) is 15.9 Å². The van der Waals surface area contributed by atoms with Crippen molar-refractivity contribution in [1.82, 2.24) is 0 Å². The third-order valence-electron chi connectivity index (χ3n) is 1.92. The van der Waals surface area contributed by atoms with Crippen LogP contribution in [0.4, 0.5) is 0 Å². The minimum absolute atomic E-state index is 0.137. The third-order valence-corrected chi connectivity index (χ3v) is 2.64. The Balaban J connectivity index is 2.95. The van der Waals surface area contributed by atoms with Crippen LogP contribution in [0.1, 0.15) is 18.9 Å². The van der Waals surface area contributed by atoms with Crippen LogP contribution in [0.3, 0.4) is 0 Å². The molecule has 0 aromatic heterocycles. The van der Waals surface area contributed by atoms with Crippen molar-refractivity contribution in [2.45, 2.75) is 13.3 Å². The van der Waals surface area contributed by atoms with Crippen LogP contribution in [0.5, 0.6) is 0 Å². The van der Waals surface area contributed by atoms with Crippen LogP contribution in [0.25, 0.3) is 6.08 Å². The van der Waals surface area contributed by atoms with Crippen molar-refractivity contribution in [1.29, 1.82) is 0 Å². The molecule has 0 bridgehead atoms. The number of hydrogen-bond acceptors (Lipinski definition) is 1. The van der Waals surface area contributed by atoms with Gasteiger partial charge in [0.25, 0.3) is 0 Å². The van der Waals surface area contributed by atoms with E-state index in [0.717, 1.165) is 22.0 Å². The summed E-state index contributed by atoms with van der Waals surface area (Å²) in [4.78, 5) is 0. The molecule has 1 N–H and O–H groups in total. The number of aliphatic hydroxyl groups excluding tert-OH is 1. The summed E-state index contributed by atoms with van der Waals surface area (Å²) < 4.78 is 1.06. The Morgan fingerprint density at radius 3 is 2.69 bits per heavy atom. The van der Waals surface area contributed by atoms with Gasteiger partial charge in [-0.05, 0) is 23.6 Å². The molecule has 0 radical (unpaired) electrons. The van der Waals surface area contributed by atoms with Crippen molar-refractivity contribution < 1.29 is 5.11 Å². The smallest absolute Gasteiger partial charge is 0.0644 e. The van der Waals surface area contributed by atoms with Crippen LogP contribution in [-0.2, 0) is 0 Å². The van der Waals surface area contributed by atoms with E-state index in [1.807, 2.05) is 37.3 Å². The van der Waals surface area contributed by atoms with Gasteiger partial charge in [0.15, 0.2) is 0 Å². The van der Waals surface area contributed by atoms with E-state index in [1.54, 1.807) is 0 Å². The molecule has 0 saturated heterocycles. The average molecular weight is 241 g/mol. The third kappa shape index (κ3) is 2.98. The lowest BCUT2D eigenvalue weighted by Gasteiger charge is -2.01. The normalized spacial score (nSPS) is 11.8. The first-order valence-electron chi connectivity index (χ1n) is 4.32. The molecule has 0 saturated carbocycles. The summed E-state index contributed by atoms with van der Waals surface area (Å²) in [6, 6.07) is 7.99. The lowest BCUT2D eigenvalue weighted by Crippen LogP contribution is -1.88. The Morgan fingerprint density at radius 2 is 2.15 bits per heavy atom. The van der Waals surface area contributed by atoms with E-state index >= 15 is 0 Å². The monoisotopic (exact) mass is 240 g/mol. The van der Waals surface area contributed by atoms with E-state index in [9.17, 15) is 0 Å². The zero-order valence-electron chi connectivity index (χ0n) is 7.63. The van der Waals surface area contributed by atoms with Gasteiger partial charge in [0.1, 0.15) is 0 Å². The lowest BCUT2D eigenvalue weighted by atomic mass is 10.1. The van der Waals surface area contributed by atoms with Crippen molar-refractivity contribution >= 4 is 22.0 Å². The molecule has 1 aromatic carbocycles. The van der Waals surface area contributed by atoms with Gasteiger partial charge in [-0.15, -0.1) is 0 Å². The molecular weight excluding hydrogens is 228 g/mol. The Kier molecular flexibility index (Phi) is 4.19. The van der Waals surface area contributed by atoms with Crippen LogP contribution in [0.2, 0.25) is 0 Å².